The lowest BCUT2D eigenvalue weighted by Gasteiger charge is -2.32. The molecule has 0 bridgehead atoms. The van der Waals surface area contributed by atoms with E-state index >= 15 is 0 Å². The molecule has 0 aromatic heterocycles. The Morgan fingerprint density at radius 2 is 1.09 bits per heavy atom. The van der Waals surface area contributed by atoms with Gasteiger partial charge in [-0.1, -0.05) is 0 Å². The first-order valence-corrected chi connectivity index (χ1v) is 6.72. The van der Waals surface area contributed by atoms with E-state index in [9.17, 15) is 24.0 Å². The third-order valence-electron chi connectivity index (χ3n) is 2.50. The standard InChI is InChI=1S/C14H20O9/c1-7(20-8(2)16)13(22-10(4)18)14(23-11(5)19)12(6-15)21-9(3)17/h6-7,12-14H,1-5H3/t7-,12+,13-,14-/m1/s1. The van der Waals surface area contributed by atoms with Crippen molar-refractivity contribution in [2.45, 2.75) is 59.0 Å². The quantitative estimate of drug-likeness (QED) is 0.341. The Balaban J connectivity index is 5.62. The number of hydrogen-bond donors (Lipinski definition) is 0. The van der Waals surface area contributed by atoms with Crippen LogP contribution in [0.5, 0.6) is 0 Å². The number of ether oxygens (including phenoxy) is 4. The van der Waals surface area contributed by atoms with Crippen molar-refractivity contribution in [2.24, 2.45) is 0 Å². The fourth-order valence-electron chi connectivity index (χ4n) is 1.83. The summed E-state index contributed by atoms with van der Waals surface area (Å²) in [5.41, 5.74) is 0. The molecule has 0 saturated carbocycles. The first kappa shape index (κ1) is 20.6. The molecule has 0 rings (SSSR count). The molecule has 0 aliphatic rings. The van der Waals surface area contributed by atoms with Crippen LogP contribution >= 0.6 is 0 Å². The zero-order valence-corrected chi connectivity index (χ0v) is 13.6. The number of rotatable bonds is 8. The van der Waals surface area contributed by atoms with Crippen molar-refractivity contribution in [1.29, 1.82) is 0 Å². The summed E-state index contributed by atoms with van der Waals surface area (Å²) in [4.78, 5) is 55.9. The average molecular weight is 332 g/mol. The van der Waals surface area contributed by atoms with E-state index in [0.717, 1.165) is 27.7 Å². The molecule has 0 spiro atoms. The lowest BCUT2D eigenvalue weighted by molar-refractivity contribution is -0.195. The van der Waals surface area contributed by atoms with Crippen molar-refractivity contribution in [1.82, 2.24) is 0 Å². The van der Waals surface area contributed by atoms with Crippen LogP contribution in [0.2, 0.25) is 0 Å². The molecule has 0 aromatic carbocycles. The zero-order valence-electron chi connectivity index (χ0n) is 13.6. The molecule has 9 heteroatoms. The molecule has 0 N–H and O–H groups in total. The molecular formula is C14H20O9. The molecule has 4 atom stereocenters. The van der Waals surface area contributed by atoms with Gasteiger partial charge in [0.2, 0.25) is 0 Å². The summed E-state index contributed by atoms with van der Waals surface area (Å²) in [6.07, 6.45) is -5.16. The molecule has 0 aromatic rings. The Labute approximate surface area is 133 Å². The highest BCUT2D eigenvalue weighted by Gasteiger charge is 2.41. The fourth-order valence-corrected chi connectivity index (χ4v) is 1.83. The Hall–Kier alpha value is -2.45. The van der Waals surface area contributed by atoms with Gasteiger partial charge in [-0.05, 0) is 6.92 Å². The molecule has 0 heterocycles. The fraction of sp³-hybridized carbons (Fsp3) is 0.643. The molecule has 0 radical (unpaired) electrons. The number of hydrogen-bond acceptors (Lipinski definition) is 9. The van der Waals surface area contributed by atoms with Gasteiger partial charge in [-0.25, -0.2) is 0 Å². The maximum absolute atomic E-state index is 11.3. The first-order chi connectivity index (χ1) is 10.6. The van der Waals surface area contributed by atoms with E-state index < -0.39 is 48.3 Å². The molecular weight excluding hydrogens is 312 g/mol. The maximum Gasteiger partial charge on any atom is 0.303 e. The van der Waals surface area contributed by atoms with E-state index in [2.05, 4.69) is 0 Å². The smallest absolute Gasteiger partial charge is 0.303 e. The number of aldehydes is 1. The molecule has 130 valence electrons. The number of carbonyl (C=O) groups excluding carboxylic acids is 5. The summed E-state index contributed by atoms with van der Waals surface area (Å²) in [7, 11) is 0. The second kappa shape index (κ2) is 9.54. The highest BCUT2D eigenvalue weighted by atomic mass is 16.6. The van der Waals surface area contributed by atoms with E-state index in [1.165, 1.54) is 6.92 Å². The Bertz CT molecular complexity index is 471. The van der Waals surface area contributed by atoms with Gasteiger partial charge in [0.25, 0.3) is 0 Å². The van der Waals surface area contributed by atoms with Crippen LogP contribution in [0.3, 0.4) is 0 Å². The molecule has 9 nitrogen and oxygen atoms in total. The van der Waals surface area contributed by atoms with E-state index in [0.29, 0.717) is 0 Å². The van der Waals surface area contributed by atoms with Gasteiger partial charge in [0.1, 0.15) is 6.10 Å². The van der Waals surface area contributed by atoms with Gasteiger partial charge in [0.05, 0.1) is 0 Å². The van der Waals surface area contributed by atoms with Crippen LogP contribution in [0, 0.1) is 0 Å². The van der Waals surface area contributed by atoms with Gasteiger partial charge in [0.15, 0.2) is 24.6 Å². The summed E-state index contributed by atoms with van der Waals surface area (Å²) in [5, 5.41) is 0. The van der Waals surface area contributed by atoms with Crippen LogP contribution in [0.1, 0.15) is 34.6 Å². The van der Waals surface area contributed by atoms with Gasteiger partial charge in [-0.2, -0.15) is 0 Å². The molecule has 0 unspecified atom stereocenters. The SMILES string of the molecule is CC(=O)O[C@@H]([C@H](OC(C)=O)[C@@H](C)OC(C)=O)[C@H](C=O)OC(C)=O. The highest BCUT2D eigenvalue weighted by Crippen LogP contribution is 2.18. The van der Waals surface area contributed by atoms with Crippen LogP contribution < -0.4 is 0 Å². The Morgan fingerprint density at radius 1 is 0.696 bits per heavy atom. The molecule has 0 aliphatic carbocycles. The Morgan fingerprint density at radius 3 is 1.43 bits per heavy atom. The van der Waals surface area contributed by atoms with Crippen LogP contribution in [0.4, 0.5) is 0 Å². The summed E-state index contributed by atoms with van der Waals surface area (Å²) in [5.74, 6) is -3.05. The number of esters is 4. The molecule has 0 amide bonds. The predicted molar refractivity (Wildman–Crippen MR) is 74.0 cm³/mol. The second-order valence-corrected chi connectivity index (χ2v) is 4.67. The van der Waals surface area contributed by atoms with Gasteiger partial charge < -0.3 is 18.9 Å². The van der Waals surface area contributed by atoms with Gasteiger partial charge in [0, 0.05) is 27.7 Å². The van der Waals surface area contributed by atoms with Crippen molar-refractivity contribution in [3.05, 3.63) is 0 Å². The van der Waals surface area contributed by atoms with E-state index in [-0.39, 0.29) is 6.29 Å². The topological polar surface area (TPSA) is 122 Å². The molecule has 23 heavy (non-hydrogen) atoms. The lowest BCUT2D eigenvalue weighted by Crippen LogP contribution is -2.51. The van der Waals surface area contributed by atoms with Gasteiger partial charge >= 0.3 is 23.9 Å². The van der Waals surface area contributed by atoms with Crippen molar-refractivity contribution >= 4 is 30.2 Å². The Kier molecular flexibility index (Phi) is 8.53. The van der Waals surface area contributed by atoms with Crippen molar-refractivity contribution in [3.63, 3.8) is 0 Å². The summed E-state index contributed by atoms with van der Waals surface area (Å²) in [6, 6.07) is 0. The zero-order chi connectivity index (χ0) is 18.2. The van der Waals surface area contributed by atoms with E-state index in [4.69, 9.17) is 18.9 Å². The van der Waals surface area contributed by atoms with Crippen LogP contribution in [-0.2, 0) is 42.9 Å². The van der Waals surface area contributed by atoms with Gasteiger partial charge in [-0.3, -0.25) is 24.0 Å². The third-order valence-corrected chi connectivity index (χ3v) is 2.50. The van der Waals surface area contributed by atoms with Crippen molar-refractivity contribution < 1.29 is 42.9 Å². The summed E-state index contributed by atoms with van der Waals surface area (Å²) < 4.78 is 19.6. The van der Waals surface area contributed by atoms with Crippen molar-refractivity contribution in [3.8, 4) is 0 Å². The molecule has 0 fully saturated rings. The van der Waals surface area contributed by atoms with E-state index in [1.54, 1.807) is 0 Å². The minimum Gasteiger partial charge on any atom is -0.459 e. The van der Waals surface area contributed by atoms with Crippen molar-refractivity contribution in [2.75, 3.05) is 0 Å². The van der Waals surface area contributed by atoms with E-state index in [1.807, 2.05) is 0 Å². The molecule has 0 saturated heterocycles. The number of carbonyl (C=O) groups is 5. The highest BCUT2D eigenvalue weighted by molar-refractivity contribution is 5.72. The third kappa shape index (κ3) is 7.93. The average Bonchev–Trinajstić information content (AvgIpc) is 2.38. The second-order valence-electron chi connectivity index (χ2n) is 4.67. The monoisotopic (exact) mass is 332 g/mol. The predicted octanol–water partition coefficient (Wildman–Crippen LogP) is -0.0680. The normalized spacial score (nSPS) is 15.3. The largest absolute Gasteiger partial charge is 0.459 e. The molecule has 0 aliphatic heterocycles. The lowest BCUT2D eigenvalue weighted by atomic mass is 10.0. The maximum atomic E-state index is 11.3. The van der Waals surface area contributed by atoms with Crippen LogP contribution in [0.25, 0.3) is 0 Å². The summed E-state index contributed by atoms with van der Waals surface area (Å²) in [6.45, 7) is 5.70. The van der Waals surface area contributed by atoms with Crippen LogP contribution in [-0.4, -0.2) is 54.6 Å². The minimum atomic E-state index is -1.53. The first-order valence-electron chi connectivity index (χ1n) is 6.72. The van der Waals surface area contributed by atoms with Gasteiger partial charge in [-0.15, -0.1) is 0 Å². The summed E-state index contributed by atoms with van der Waals surface area (Å²) >= 11 is 0. The minimum absolute atomic E-state index is 0.228. The van der Waals surface area contributed by atoms with Crippen LogP contribution in [0.15, 0.2) is 0 Å².